The Labute approximate surface area is 159 Å². The van der Waals surface area contributed by atoms with Gasteiger partial charge in [0.1, 0.15) is 5.75 Å². The molecule has 27 heavy (non-hydrogen) atoms. The van der Waals surface area contributed by atoms with E-state index in [9.17, 15) is 14.4 Å². The molecule has 148 valence electrons. The van der Waals surface area contributed by atoms with Crippen molar-refractivity contribution in [2.45, 2.75) is 32.6 Å². The van der Waals surface area contributed by atoms with Gasteiger partial charge in [-0.1, -0.05) is 25.1 Å². The molecule has 2 N–H and O–H groups in total. The zero-order valence-electron chi connectivity index (χ0n) is 15.7. The molecule has 7 heteroatoms. The first-order valence-corrected chi connectivity index (χ1v) is 9.41. The van der Waals surface area contributed by atoms with Crippen LogP contribution in [0.5, 0.6) is 5.75 Å². The molecule has 1 heterocycles. The fourth-order valence-electron chi connectivity index (χ4n) is 3.14. The number of benzene rings is 1. The van der Waals surface area contributed by atoms with E-state index in [1.807, 2.05) is 30.3 Å². The third-order valence-corrected chi connectivity index (χ3v) is 4.62. The van der Waals surface area contributed by atoms with Crippen molar-refractivity contribution in [2.75, 3.05) is 26.2 Å². The minimum Gasteiger partial charge on any atom is -0.493 e. The van der Waals surface area contributed by atoms with Crippen molar-refractivity contribution in [3.8, 4) is 5.75 Å². The minimum absolute atomic E-state index is 0.0114. The number of carboxylic acid groups (broad SMARTS) is 1. The minimum atomic E-state index is -0.871. The first-order valence-electron chi connectivity index (χ1n) is 9.41. The van der Waals surface area contributed by atoms with Gasteiger partial charge < -0.3 is 20.1 Å². The molecule has 0 aliphatic carbocycles. The summed E-state index contributed by atoms with van der Waals surface area (Å²) in [4.78, 5) is 37.1. The number of hydrogen-bond donors (Lipinski definition) is 2. The molecule has 1 fully saturated rings. The summed E-state index contributed by atoms with van der Waals surface area (Å²) in [6.45, 7) is 3.49. The molecule has 1 aromatic rings. The summed E-state index contributed by atoms with van der Waals surface area (Å²) in [6.07, 6.45) is 1.83. The molecule has 0 saturated carbocycles. The SMILES string of the molecule is CC(CNC(=O)C1CCCN(C(=O)CCOc2ccccc2)C1)CC(=O)O. The van der Waals surface area contributed by atoms with Crippen LogP contribution in [-0.4, -0.2) is 54.0 Å². The lowest BCUT2D eigenvalue weighted by molar-refractivity contribution is -0.139. The fourth-order valence-corrected chi connectivity index (χ4v) is 3.14. The largest absolute Gasteiger partial charge is 0.493 e. The number of likely N-dealkylation sites (tertiary alicyclic amines) is 1. The second kappa shape index (κ2) is 10.5. The molecule has 1 aliphatic heterocycles. The summed E-state index contributed by atoms with van der Waals surface area (Å²) in [6, 6.07) is 9.35. The zero-order chi connectivity index (χ0) is 19.6. The van der Waals surface area contributed by atoms with E-state index >= 15 is 0 Å². The second-order valence-corrected chi connectivity index (χ2v) is 7.04. The molecule has 7 nitrogen and oxygen atoms in total. The number of hydrogen-bond acceptors (Lipinski definition) is 4. The van der Waals surface area contributed by atoms with E-state index in [4.69, 9.17) is 9.84 Å². The van der Waals surface area contributed by atoms with Gasteiger partial charge >= 0.3 is 5.97 Å². The van der Waals surface area contributed by atoms with Crippen molar-refractivity contribution >= 4 is 17.8 Å². The van der Waals surface area contributed by atoms with Crippen molar-refractivity contribution in [3.63, 3.8) is 0 Å². The molecular formula is C20H28N2O5. The zero-order valence-corrected chi connectivity index (χ0v) is 15.7. The highest BCUT2D eigenvalue weighted by molar-refractivity contribution is 5.81. The Morgan fingerprint density at radius 2 is 2.04 bits per heavy atom. The van der Waals surface area contributed by atoms with Crippen LogP contribution in [0.2, 0.25) is 0 Å². The van der Waals surface area contributed by atoms with Crippen LogP contribution in [0.1, 0.15) is 32.6 Å². The van der Waals surface area contributed by atoms with Crippen molar-refractivity contribution in [1.82, 2.24) is 10.2 Å². The van der Waals surface area contributed by atoms with Gasteiger partial charge in [-0.25, -0.2) is 0 Å². The van der Waals surface area contributed by atoms with E-state index in [-0.39, 0.29) is 36.5 Å². The summed E-state index contributed by atoms with van der Waals surface area (Å²) in [5, 5.41) is 11.6. The van der Waals surface area contributed by atoms with Crippen LogP contribution >= 0.6 is 0 Å². The van der Waals surface area contributed by atoms with Gasteiger partial charge in [-0.15, -0.1) is 0 Å². The molecule has 2 unspecified atom stereocenters. The topological polar surface area (TPSA) is 95.9 Å². The maximum absolute atomic E-state index is 12.4. The number of para-hydroxylation sites is 1. The van der Waals surface area contributed by atoms with Crippen LogP contribution in [0, 0.1) is 11.8 Å². The smallest absolute Gasteiger partial charge is 0.303 e. The molecule has 2 amide bonds. The Hall–Kier alpha value is -2.57. The summed E-state index contributed by atoms with van der Waals surface area (Å²) in [5.74, 6) is -0.619. The molecular weight excluding hydrogens is 348 g/mol. The lowest BCUT2D eigenvalue weighted by Crippen LogP contribution is -2.46. The lowest BCUT2D eigenvalue weighted by Gasteiger charge is -2.32. The second-order valence-electron chi connectivity index (χ2n) is 7.04. The number of carboxylic acids is 1. The molecule has 1 saturated heterocycles. The van der Waals surface area contributed by atoms with Gasteiger partial charge in [0.2, 0.25) is 11.8 Å². The number of piperidine rings is 1. The third-order valence-electron chi connectivity index (χ3n) is 4.62. The van der Waals surface area contributed by atoms with Crippen molar-refractivity contribution in [1.29, 1.82) is 0 Å². The molecule has 1 aromatic carbocycles. The van der Waals surface area contributed by atoms with Crippen LogP contribution in [0.25, 0.3) is 0 Å². The highest BCUT2D eigenvalue weighted by atomic mass is 16.5. The first-order chi connectivity index (χ1) is 13.0. The van der Waals surface area contributed by atoms with Gasteiger partial charge in [0.25, 0.3) is 0 Å². The maximum Gasteiger partial charge on any atom is 0.303 e. The highest BCUT2D eigenvalue weighted by Crippen LogP contribution is 2.18. The van der Waals surface area contributed by atoms with Crippen molar-refractivity contribution < 1.29 is 24.2 Å². The quantitative estimate of drug-likeness (QED) is 0.686. The molecule has 2 rings (SSSR count). The van der Waals surface area contributed by atoms with Crippen molar-refractivity contribution in [3.05, 3.63) is 30.3 Å². The molecule has 0 radical (unpaired) electrons. The number of carbonyl (C=O) groups is 3. The summed E-state index contributed by atoms with van der Waals surface area (Å²) >= 11 is 0. The summed E-state index contributed by atoms with van der Waals surface area (Å²) < 4.78 is 5.56. The van der Waals surface area contributed by atoms with Gasteiger partial charge in [-0.3, -0.25) is 14.4 Å². The number of carbonyl (C=O) groups excluding carboxylic acids is 2. The van der Waals surface area contributed by atoms with Crippen LogP contribution in [0.15, 0.2) is 30.3 Å². The number of nitrogens with one attached hydrogen (secondary N) is 1. The maximum atomic E-state index is 12.4. The van der Waals surface area contributed by atoms with Crippen molar-refractivity contribution in [2.24, 2.45) is 11.8 Å². The molecule has 2 atom stereocenters. The third kappa shape index (κ3) is 7.29. The first kappa shape index (κ1) is 20.7. The van der Waals surface area contributed by atoms with Gasteiger partial charge in [-0.05, 0) is 30.9 Å². The molecule has 0 bridgehead atoms. The summed E-state index contributed by atoms with van der Waals surface area (Å²) in [5.41, 5.74) is 0. The Balaban J connectivity index is 1.72. The van der Waals surface area contributed by atoms with E-state index in [2.05, 4.69) is 5.32 Å². The normalized spacial score (nSPS) is 17.8. The standard InChI is InChI=1S/C20H28N2O5/c1-15(12-19(24)25)13-21-20(26)16-6-5-10-22(14-16)18(23)9-11-27-17-7-3-2-4-8-17/h2-4,7-8,15-16H,5-6,9-14H2,1H3,(H,21,26)(H,24,25). The molecule has 0 aromatic heterocycles. The highest BCUT2D eigenvalue weighted by Gasteiger charge is 2.28. The number of aliphatic carboxylic acids is 1. The monoisotopic (exact) mass is 376 g/mol. The predicted octanol–water partition coefficient (Wildman–Crippen LogP) is 1.92. The van der Waals surface area contributed by atoms with Gasteiger partial charge in [0.15, 0.2) is 0 Å². The average molecular weight is 376 g/mol. The fraction of sp³-hybridized carbons (Fsp3) is 0.550. The molecule has 1 aliphatic rings. The predicted molar refractivity (Wildman–Crippen MR) is 100 cm³/mol. The van der Waals surface area contributed by atoms with Crippen LogP contribution in [0.4, 0.5) is 0 Å². The van der Waals surface area contributed by atoms with Gasteiger partial charge in [0.05, 0.1) is 18.9 Å². The number of ether oxygens (including phenoxy) is 1. The Morgan fingerprint density at radius 1 is 1.30 bits per heavy atom. The Bertz CT molecular complexity index is 635. The van der Waals surface area contributed by atoms with E-state index < -0.39 is 5.97 Å². The number of rotatable bonds is 9. The van der Waals surface area contributed by atoms with Crippen LogP contribution in [0.3, 0.4) is 0 Å². The van der Waals surface area contributed by atoms with Gasteiger partial charge in [0, 0.05) is 26.1 Å². The molecule has 0 spiro atoms. The van der Waals surface area contributed by atoms with E-state index in [0.717, 1.165) is 18.6 Å². The van der Waals surface area contributed by atoms with Crippen LogP contribution < -0.4 is 10.1 Å². The van der Waals surface area contributed by atoms with E-state index in [1.165, 1.54) is 0 Å². The van der Waals surface area contributed by atoms with Crippen LogP contribution in [-0.2, 0) is 14.4 Å². The van der Waals surface area contributed by atoms with Gasteiger partial charge in [-0.2, -0.15) is 0 Å². The summed E-state index contributed by atoms with van der Waals surface area (Å²) in [7, 11) is 0. The lowest BCUT2D eigenvalue weighted by atomic mass is 9.96. The average Bonchev–Trinajstić information content (AvgIpc) is 2.66. The Morgan fingerprint density at radius 3 is 2.74 bits per heavy atom. The van der Waals surface area contributed by atoms with E-state index in [1.54, 1.807) is 11.8 Å². The Kier molecular flexibility index (Phi) is 8.10. The number of nitrogens with zero attached hydrogens (tertiary/aromatic N) is 1. The number of amides is 2. The van der Waals surface area contributed by atoms with E-state index in [0.29, 0.717) is 26.2 Å².